The maximum atomic E-state index is 5.33. The van der Waals surface area contributed by atoms with Crippen LogP contribution >= 0.6 is 15.9 Å². The Bertz CT molecular complexity index is 59.5. The van der Waals surface area contributed by atoms with Crippen molar-refractivity contribution in [3.05, 3.63) is 5.33 Å². The van der Waals surface area contributed by atoms with Crippen LogP contribution in [0, 0.1) is 5.33 Å². The summed E-state index contributed by atoms with van der Waals surface area (Å²) in [7, 11) is 0. The van der Waals surface area contributed by atoms with Gasteiger partial charge in [0.2, 0.25) is 0 Å². The maximum absolute atomic E-state index is 5.33. The van der Waals surface area contributed by atoms with Crippen LogP contribution in [-0.4, -0.2) is 12.7 Å². The van der Waals surface area contributed by atoms with Crippen LogP contribution in [-0.2, 0) is 4.74 Å². The highest BCUT2D eigenvalue weighted by Gasteiger charge is 2.13. The van der Waals surface area contributed by atoms with Crippen molar-refractivity contribution in [3.63, 3.8) is 0 Å². The van der Waals surface area contributed by atoms with E-state index in [9.17, 15) is 0 Å². The predicted octanol–water partition coefficient (Wildman–Crippen LogP) is 2.11. The van der Waals surface area contributed by atoms with Gasteiger partial charge in [-0.15, -0.1) is 0 Å². The topological polar surface area (TPSA) is 9.23 Å². The third-order valence-electron chi connectivity index (χ3n) is 1.38. The molecule has 0 bridgehead atoms. The fourth-order valence-electron chi connectivity index (χ4n) is 0.930. The van der Waals surface area contributed by atoms with Crippen molar-refractivity contribution in [3.8, 4) is 0 Å². The van der Waals surface area contributed by atoms with Gasteiger partial charge >= 0.3 is 0 Å². The van der Waals surface area contributed by atoms with E-state index in [2.05, 4.69) is 15.9 Å². The minimum atomic E-state index is 0.509. The molecule has 0 aromatic heterocycles. The summed E-state index contributed by atoms with van der Waals surface area (Å²) in [6.07, 6.45) is 4.04. The van der Waals surface area contributed by atoms with Crippen molar-refractivity contribution in [1.82, 2.24) is 0 Å². The predicted molar refractivity (Wildman–Crippen MR) is 36.8 cm³/mol. The lowest BCUT2D eigenvalue weighted by Crippen LogP contribution is -2.02. The molecule has 8 heavy (non-hydrogen) atoms. The molecular weight excluding hydrogens is 168 g/mol. The molecular formula is C6H10BrO. The van der Waals surface area contributed by atoms with Crippen LogP contribution in [0.3, 0.4) is 0 Å². The molecule has 0 aromatic carbocycles. The van der Waals surface area contributed by atoms with E-state index >= 15 is 0 Å². The fraction of sp³-hybridized carbons (Fsp3) is 0.833. The van der Waals surface area contributed by atoms with E-state index in [0.29, 0.717) is 6.10 Å². The summed E-state index contributed by atoms with van der Waals surface area (Å²) in [6.45, 7) is 0.964. The highest BCUT2D eigenvalue weighted by molar-refractivity contribution is 9.10. The van der Waals surface area contributed by atoms with E-state index in [4.69, 9.17) is 4.74 Å². The second-order valence-electron chi connectivity index (χ2n) is 2.03. The molecule has 1 rings (SSSR count). The largest absolute Gasteiger partial charge is 0.378 e. The third-order valence-corrected chi connectivity index (χ3v) is 1.75. The van der Waals surface area contributed by atoms with Crippen LogP contribution in [0.2, 0.25) is 0 Å². The van der Waals surface area contributed by atoms with Gasteiger partial charge in [0.25, 0.3) is 0 Å². The molecule has 0 amide bonds. The molecule has 1 radical (unpaired) electrons. The van der Waals surface area contributed by atoms with E-state index < -0.39 is 0 Å². The summed E-state index contributed by atoms with van der Waals surface area (Å²) in [6, 6.07) is 0. The van der Waals surface area contributed by atoms with Gasteiger partial charge in [-0.25, -0.2) is 0 Å². The Morgan fingerprint density at radius 2 is 2.62 bits per heavy atom. The van der Waals surface area contributed by atoms with E-state index in [-0.39, 0.29) is 0 Å². The highest BCUT2D eigenvalue weighted by Crippen LogP contribution is 2.17. The first kappa shape index (κ1) is 6.56. The molecule has 0 N–H and O–H groups in total. The number of halogens is 1. The van der Waals surface area contributed by atoms with E-state index in [1.807, 2.05) is 5.33 Å². The first-order valence-electron chi connectivity index (χ1n) is 2.97. The molecule has 1 saturated heterocycles. The molecule has 1 aliphatic rings. The lowest BCUT2D eigenvalue weighted by atomic mass is 10.2. The van der Waals surface area contributed by atoms with Gasteiger partial charge in [-0.05, 0) is 19.3 Å². The lowest BCUT2D eigenvalue weighted by molar-refractivity contribution is 0.112. The molecule has 1 unspecified atom stereocenters. The zero-order valence-corrected chi connectivity index (χ0v) is 6.36. The van der Waals surface area contributed by atoms with Crippen molar-refractivity contribution in [2.75, 3.05) is 6.61 Å². The Labute approximate surface area is 58.5 Å². The number of rotatable bonds is 2. The SMILES string of the molecule is Br[CH]CC1CCCO1. The second kappa shape index (κ2) is 3.46. The minimum Gasteiger partial charge on any atom is -0.378 e. The van der Waals surface area contributed by atoms with Gasteiger partial charge in [0.15, 0.2) is 0 Å². The Kier molecular flexibility index (Phi) is 2.84. The van der Waals surface area contributed by atoms with Gasteiger partial charge in [0.1, 0.15) is 0 Å². The average molecular weight is 178 g/mol. The minimum absolute atomic E-state index is 0.509. The van der Waals surface area contributed by atoms with Crippen molar-refractivity contribution >= 4 is 15.9 Å². The van der Waals surface area contributed by atoms with Crippen LogP contribution in [0.25, 0.3) is 0 Å². The van der Waals surface area contributed by atoms with Crippen LogP contribution in [0.5, 0.6) is 0 Å². The monoisotopic (exact) mass is 177 g/mol. The zero-order chi connectivity index (χ0) is 5.82. The fourth-order valence-corrected chi connectivity index (χ4v) is 1.35. The summed E-state index contributed by atoms with van der Waals surface area (Å²) >= 11 is 3.25. The van der Waals surface area contributed by atoms with Crippen molar-refractivity contribution in [1.29, 1.82) is 0 Å². The third kappa shape index (κ3) is 1.75. The van der Waals surface area contributed by atoms with Crippen molar-refractivity contribution in [2.45, 2.75) is 25.4 Å². The highest BCUT2D eigenvalue weighted by atomic mass is 79.9. The molecule has 1 aliphatic heterocycles. The first-order chi connectivity index (χ1) is 3.93. The van der Waals surface area contributed by atoms with Gasteiger partial charge in [-0.2, -0.15) is 0 Å². The molecule has 0 saturated carbocycles. The lowest BCUT2D eigenvalue weighted by Gasteiger charge is -2.03. The number of ether oxygens (including phenoxy) is 1. The molecule has 0 aromatic rings. The quantitative estimate of drug-likeness (QED) is 0.629. The summed E-state index contributed by atoms with van der Waals surface area (Å²) in [5, 5.41) is 1.99. The molecule has 0 aliphatic carbocycles. The Balaban J connectivity index is 2.06. The second-order valence-corrected chi connectivity index (χ2v) is 2.67. The molecule has 2 heteroatoms. The smallest absolute Gasteiger partial charge is 0.0587 e. The average Bonchev–Trinajstić information content (AvgIpc) is 2.19. The molecule has 0 spiro atoms. The Morgan fingerprint density at radius 3 is 3.12 bits per heavy atom. The van der Waals surface area contributed by atoms with Gasteiger partial charge < -0.3 is 4.74 Å². The van der Waals surface area contributed by atoms with Crippen LogP contribution in [0.4, 0.5) is 0 Å². The van der Waals surface area contributed by atoms with Gasteiger partial charge in [-0.1, -0.05) is 15.9 Å². The van der Waals surface area contributed by atoms with Crippen LogP contribution < -0.4 is 0 Å². The summed E-state index contributed by atoms with van der Waals surface area (Å²) < 4.78 is 5.33. The number of hydrogen-bond donors (Lipinski definition) is 0. The van der Waals surface area contributed by atoms with Gasteiger partial charge in [-0.3, -0.25) is 0 Å². The molecule has 1 fully saturated rings. The van der Waals surface area contributed by atoms with Crippen molar-refractivity contribution in [2.24, 2.45) is 0 Å². The first-order valence-corrected chi connectivity index (χ1v) is 3.88. The zero-order valence-electron chi connectivity index (χ0n) is 4.77. The summed E-state index contributed by atoms with van der Waals surface area (Å²) in [4.78, 5) is 0. The maximum Gasteiger partial charge on any atom is 0.0587 e. The summed E-state index contributed by atoms with van der Waals surface area (Å²) in [5.74, 6) is 0. The van der Waals surface area contributed by atoms with E-state index in [1.165, 1.54) is 12.8 Å². The Hall–Kier alpha value is 0.440. The van der Waals surface area contributed by atoms with Crippen LogP contribution in [0.1, 0.15) is 19.3 Å². The molecule has 1 atom stereocenters. The van der Waals surface area contributed by atoms with E-state index in [0.717, 1.165) is 13.0 Å². The van der Waals surface area contributed by atoms with Crippen molar-refractivity contribution < 1.29 is 4.74 Å². The van der Waals surface area contributed by atoms with E-state index in [1.54, 1.807) is 0 Å². The Morgan fingerprint density at radius 1 is 1.75 bits per heavy atom. The molecule has 1 nitrogen and oxygen atoms in total. The molecule has 1 heterocycles. The standard InChI is InChI=1S/C6H10BrO/c7-4-3-6-2-1-5-8-6/h4,6H,1-3,5H2. The van der Waals surface area contributed by atoms with Gasteiger partial charge in [0.05, 0.1) is 6.10 Å². The summed E-state index contributed by atoms with van der Waals surface area (Å²) in [5.41, 5.74) is 0. The normalized spacial score (nSPS) is 28.9. The van der Waals surface area contributed by atoms with Gasteiger partial charge in [0, 0.05) is 11.9 Å². The number of hydrogen-bond acceptors (Lipinski definition) is 1. The molecule has 47 valence electrons. The van der Waals surface area contributed by atoms with Crippen LogP contribution in [0.15, 0.2) is 0 Å².